The van der Waals surface area contributed by atoms with Crippen molar-refractivity contribution >= 4 is 11.4 Å². The fraction of sp³-hybridized carbons (Fsp3) is 0.667. The van der Waals surface area contributed by atoms with Gasteiger partial charge in [-0.2, -0.15) is 0 Å². The molecule has 0 atom stereocenters. The molecule has 2 rings (SSSR count). The van der Waals surface area contributed by atoms with E-state index in [0.29, 0.717) is 12.0 Å². The van der Waals surface area contributed by atoms with E-state index in [4.69, 9.17) is 10.5 Å². The van der Waals surface area contributed by atoms with E-state index in [2.05, 4.69) is 25.2 Å². The molecule has 118 valence electrons. The summed E-state index contributed by atoms with van der Waals surface area (Å²) < 4.78 is 5.57. The molecule has 1 fully saturated rings. The number of nitrogens with one attached hydrogen (secondary N) is 1. The number of nitrogens with two attached hydrogens (primary N) is 1. The third-order valence-corrected chi connectivity index (χ3v) is 4.41. The molecule has 1 saturated carbocycles. The molecule has 1 aromatic carbocycles. The number of hydrogen-bond donors (Lipinski definition) is 2. The SMILES string of the molecule is CCOc1cc(N)cc(NCC2(CC(C)C)CCCC2)c1. The normalized spacial score (nSPS) is 17.1. The van der Waals surface area contributed by atoms with Crippen molar-refractivity contribution in [1.29, 1.82) is 0 Å². The van der Waals surface area contributed by atoms with Crippen molar-refractivity contribution in [2.45, 2.75) is 52.9 Å². The molecule has 3 nitrogen and oxygen atoms in total. The minimum absolute atomic E-state index is 0.463. The highest BCUT2D eigenvalue weighted by atomic mass is 16.5. The summed E-state index contributed by atoms with van der Waals surface area (Å²) >= 11 is 0. The van der Waals surface area contributed by atoms with Crippen LogP contribution in [-0.4, -0.2) is 13.2 Å². The summed E-state index contributed by atoms with van der Waals surface area (Å²) in [5, 5.41) is 3.61. The Morgan fingerprint density at radius 1 is 1.24 bits per heavy atom. The lowest BCUT2D eigenvalue weighted by molar-refractivity contribution is 0.252. The van der Waals surface area contributed by atoms with Gasteiger partial charge in [0.1, 0.15) is 5.75 Å². The number of hydrogen-bond acceptors (Lipinski definition) is 3. The highest BCUT2D eigenvalue weighted by Crippen LogP contribution is 2.43. The summed E-state index contributed by atoms with van der Waals surface area (Å²) in [5.41, 5.74) is 8.26. The van der Waals surface area contributed by atoms with Gasteiger partial charge in [0.2, 0.25) is 0 Å². The molecule has 1 aliphatic carbocycles. The number of benzene rings is 1. The van der Waals surface area contributed by atoms with Gasteiger partial charge in [-0.15, -0.1) is 0 Å². The Balaban J connectivity index is 2.03. The van der Waals surface area contributed by atoms with Gasteiger partial charge in [-0.3, -0.25) is 0 Å². The first-order chi connectivity index (χ1) is 10.0. The minimum atomic E-state index is 0.463. The van der Waals surface area contributed by atoms with E-state index in [9.17, 15) is 0 Å². The number of rotatable bonds is 7. The van der Waals surface area contributed by atoms with Crippen LogP contribution in [0.1, 0.15) is 52.9 Å². The highest BCUT2D eigenvalue weighted by molar-refractivity contribution is 5.59. The molecule has 3 N–H and O–H groups in total. The van der Waals surface area contributed by atoms with Gasteiger partial charge in [0.05, 0.1) is 6.61 Å². The largest absolute Gasteiger partial charge is 0.494 e. The molecule has 1 aromatic rings. The van der Waals surface area contributed by atoms with E-state index in [1.54, 1.807) is 0 Å². The Morgan fingerprint density at radius 3 is 2.57 bits per heavy atom. The molecule has 0 radical (unpaired) electrons. The molecule has 0 unspecified atom stereocenters. The topological polar surface area (TPSA) is 47.3 Å². The second-order valence-electron chi connectivity index (χ2n) is 6.88. The van der Waals surface area contributed by atoms with E-state index in [1.807, 2.05) is 19.1 Å². The summed E-state index contributed by atoms with van der Waals surface area (Å²) in [6.07, 6.45) is 6.74. The van der Waals surface area contributed by atoms with Crippen LogP contribution < -0.4 is 15.8 Å². The van der Waals surface area contributed by atoms with Crippen LogP contribution in [0, 0.1) is 11.3 Å². The molecular weight excluding hydrogens is 260 g/mol. The van der Waals surface area contributed by atoms with Crippen molar-refractivity contribution < 1.29 is 4.74 Å². The molecule has 21 heavy (non-hydrogen) atoms. The van der Waals surface area contributed by atoms with Gasteiger partial charge in [-0.25, -0.2) is 0 Å². The maximum absolute atomic E-state index is 5.97. The Labute approximate surface area is 129 Å². The second-order valence-corrected chi connectivity index (χ2v) is 6.88. The monoisotopic (exact) mass is 290 g/mol. The predicted molar refractivity (Wildman–Crippen MR) is 90.9 cm³/mol. The summed E-state index contributed by atoms with van der Waals surface area (Å²) in [6, 6.07) is 5.94. The number of anilines is 2. The zero-order valence-electron chi connectivity index (χ0n) is 13.7. The fourth-order valence-electron chi connectivity index (χ4n) is 3.71. The van der Waals surface area contributed by atoms with Crippen molar-refractivity contribution in [2.24, 2.45) is 11.3 Å². The predicted octanol–water partition coefficient (Wildman–Crippen LogP) is 4.69. The van der Waals surface area contributed by atoms with Gasteiger partial charge in [0.25, 0.3) is 0 Å². The van der Waals surface area contributed by atoms with E-state index < -0.39 is 0 Å². The average Bonchev–Trinajstić information content (AvgIpc) is 2.84. The first-order valence-corrected chi connectivity index (χ1v) is 8.30. The summed E-state index contributed by atoms with van der Waals surface area (Å²) in [5.74, 6) is 1.61. The zero-order chi connectivity index (χ0) is 15.3. The van der Waals surface area contributed by atoms with E-state index >= 15 is 0 Å². The number of nitrogen functional groups attached to an aromatic ring is 1. The molecular formula is C18H30N2O. The van der Waals surface area contributed by atoms with Crippen LogP contribution in [0.15, 0.2) is 18.2 Å². The lowest BCUT2D eigenvalue weighted by atomic mass is 9.78. The van der Waals surface area contributed by atoms with Gasteiger partial charge in [-0.1, -0.05) is 26.7 Å². The van der Waals surface area contributed by atoms with Crippen LogP contribution in [0.3, 0.4) is 0 Å². The van der Waals surface area contributed by atoms with Crippen LogP contribution >= 0.6 is 0 Å². The maximum atomic E-state index is 5.97. The molecule has 0 amide bonds. The molecule has 0 aliphatic heterocycles. The van der Waals surface area contributed by atoms with E-state index in [-0.39, 0.29) is 0 Å². The molecule has 0 aromatic heterocycles. The van der Waals surface area contributed by atoms with Crippen LogP contribution in [0.25, 0.3) is 0 Å². The Hall–Kier alpha value is -1.38. The van der Waals surface area contributed by atoms with Crippen molar-refractivity contribution in [3.63, 3.8) is 0 Å². The van der Waals surface area contributed by atoms with Crippen molar-refractivity contribution in [3.8, 4) is 5.75 Å². The standard InChI is InChI=1S/C18H30N2O/c1-4-21-17-10-15(19)9-16(11-17)20-13-18(12-14(2)3)7-5-6-8-18/h9-11,14,20H,4-8,12-13,19H2,1-3H3. The van der Waals surface area contributed by atoms with Crippen LogP contribution in [-0.2, 0) is 0 Å². The van der Waals surface area contributed by atoms with Crippen molar-refractivity contribution in [3.05, 3.63) is 18.2 Å². The Kier molecular flexibility index (Phi) is 5.38. The molecule has 0 spiro atoms. The minimum Gasteiger partial charge on any atom is -0.494 e. The maximum Gasteiger partial charge on any atom is 0.123 e. The van der Waals surface area contributed by atoms with Gasteiger partial charge in [-0.05, 0) is 43.6 Å². The fourth-order valence-corrected chi connectivity index (χ4v) is 3.71. The van der Waals surface area contributed by atoms with Crippen molar-refractivity contribution in [2.75, 3.05) is 24.2 Å². The Morgan fingerprint density at radius 2 is 1.95 bits per heavy atom. The lowest BCUT2D eigenvalue weighted by Gasteiger charge is -2.31. The van der Waals surface area contributed by atoms with Gasteiger partial charge in [0, 0.05) is 30.1 Å². The van der Waals surface area contributed by atoms with Gasteiger partial charge < -0.3 is 15.8 Å². The first-order valence-electron chi connectivity index (χ1n) is 8.30. The molecule has 1 aliphatic rings. The molecule has 3 heteroatoms. The summed E-state index contributed by atoms with van der Waals surface area (Å²) in [4.78, 5) is 0. The molecule has 0 saturated heterocycles. The van der Waals surface area contributed by atoms with Crippen LogP contribution in [0.2, 0.25) is 0 Å². The first kappa shape index (κ1) is 16.0. The summed E-state index contributed by atoms with van der Waals surface area (Å²) in [7, 11) is 0. The second kappa shape index (κ2) is 7.06. The van der Waals surface area contributed by atoms with Crippen LogP contribution in [0.4, 0.5) is 11.4 Å². The Bertz CT molecular complexity index is 451. The highest BCUT2D eigenvalue weighted by Gasteiger charge is 2.34. The third-order valence-electron chi connectivity index (χ3n) is 4.41. The average molecular weight is 290 g/mol. The molecule has 0 heterocycles. The van der Waals surface area contributed by atoms with Crippen LogP contribution in [0.5, 0.6) is 5.75 Å². The quantitative estimate of drug-likeness (QED) is 0.716. The lowest BCUT2D eigenvalue weighted by Crippen LogP contribution is -2.28. The smallest absolute Gasteiger partial charge is 0.123 e. The van der Waals surface area contributed by atoms with Gasteiger partial charge in [0.15, 0.2) is 0 Å². The third kappa shape index (κ3) is 4.55. The van der Waals surface area contributed by atoms with E-state index in [1.165, 1.54) is 32.1 Å². The number of ether oxygens (including phenoxy) is 1. The van der Waals surface area contributed by atoms with Crippen molar-refractivity contribution in [1.82, 2.24) is 0 Å². The van der Waals surface area contributed by atoms with E-state index in [0.717, 1.165) is 29.6 Å². The van der Waals surface area contributed by atoms with Gasteiger partial charge >= 0.3 is 0 Å². The molecule has 0 bridgehead atoms. The zero-order valence-corrected chi connectivity index (χ0v) is 13.7. The summed E-state index contributed by atoms with van der Waals surface area (Å²) in [6.45, 7) is 8.36.